The van der Waals surface area contributed by atoms with Crippen LogP contribution in [0.4, 0.5) is 0 Å². The summed E-state index contributed by atoms with van der Waals surface area (Å²) < 4.78 is 3.95. The van der Waals surface area contributed by atoms with Crippen molar-refractivity contribution < 1.29 is 0 Å². The van der Waals surface area contributed by atoms with E-state index >= 15 is 0 Å². The van der Waals surface area contributed by atoms with E-state index in [1.54, 1.807) is 36.6 Å². The van der Waals surface area contributed by atoms with Gasteiger partial charge >= 0.3 is 0 Å². The quantitative estimate of drug-likeness (QED) is 0.358. The highest BCUT2D eigenvalue weighted by Gasteiger charge is 1.89. The van der Waals surface area contributed by atoms with Crippen molar-refractivity contribution in [3.8, 4) is 0 Å². The molecule has 0 aliphatic carbocycles. The van der Waals surface area contributed by atoms with E-state index in [0.29, 0.717) is 5.82 Å². The minimum absolute atomic E-state index is 0. The summed E-state index contributed by atoms with van der Waals surface area (Å²) in [7, 11) is 1.74. The van der Waals surface area contributed by atoms with E-state index in [-0.39, 0.29) is 14.9 Å². The SMILES string of the molecule is C.C.Cc1cnc(C)s1.Cc1nnc(C)s1.Cc1nnn(C)n1.Cc1nsc(C)n1. The standard InChI is InChI=1S/C5H7NS.2C4H6N2S.C3H6N4.2CH4/c1-4-3-6-5(2)7-4;1-3-5-6-4(2)7-3;1-3-5-4(2)7-6-3;1-3-4-6-7(2)5-3;;/h3H,1-2H3;3*1-2H3;2*1H4. The Morgan fingerprint density at radius 2 is 1.33 bits per heavy atom. The van der Waals surface area contributed by atoms with Crippen molar-refractivity contribution in [1.29, 1.82) is 0 Å². The summed E-state index contributed by atoms with van der Waals surface area (Å²) in [6.45, 7) is 13.6. The van der Waals surface area contributed by atoms with Crippen molar-refractivity contribution in [2.24, 2.45) is 7.05 Å². The Balaban J connectivity index is 0. The third-order valence-corrected chi connectivity index (χ3v) is 4.89. The average Bonchev–Trinajstić information content (AvgIpc) is 3.37. The zero-order chi connectivity index (χ0) is 21.1. The molecule has 0 aliphatic heterocycles. The molecule has 0 radical (unpaired) electrons. The van der Waals surface area contributed by atoms with Gasteiger partial charge in [-0.2, -0.15) is 9.17 Å². The Kier molecular flexibility index (Phi) is 15.6. The minimum Gasteiger partial charge on any atom is -0.250 e. The van der Waals surface area contributed by atoms with E-state index in [9.17, 15) is 0 Å². The number of hydrogen-bond donors (Lipinski definition) is 0. The van der Waals surface area contributed by atoms with Crippen LogP contribution in [0.2, 0.25) is 0 Å². The first-order valence-corrected chi connectivity index (χ1v) is 10.7. The molecular formula is C18H33N9S3. The molecule has 0 saturated heterocycles. The first-order valence-electron chi connectivity index (χ1n) is 8.29. The molecule has 0 bridgehead atoms. The van der Waals surface area contributed by atoms with Crippen LogP contribution in [0.25, 0.3) is 0 Å². The fourth-order valence-corrected chi connectivity index (χ4v) is 3.39. The predicted molar refractivity (Wildman–Crippen MR) is 127 cm³/mol. The summed E-state index contributed by atoms with van der Waals surface area (Å²) in [5.41, 5.74) is 0. The van der Waals surface area contributed by atoms with Gasteiger partial charge in [-0.05, 0) is 65.2 Å². The van der Waals surface area contributed by atoms with E-state index in [0.717, 1.165) is 25.9 Å². The van der Waals surface area contributed by atoms with Gasteiger partial charge in [0.15, 0.2) is 5.82 Å². The maximum Gasteiger partial charge on any atom is 0.171 e. The second-order valence-electron chi connectivity index (χ2n) is 5.52. The van der Waals surface area contributed by atoms with Crippen LogP contribution in [0.5, 0.6) is 0 Å². The van der Waals surface area contributed by atoms with E-state index in [1.165, 1.54) is 21.2 Å². The van der Waals surface area contributed by atoms with Crippen LogP contribution in [0.3, 0.4) is 0 Å². The van der Waals surface area contributed by atoms with E-state index in [4.69, 9.17) is 0 Å². The molecule has 0 unspecified atom stereocenters. The molecule has 4 heterocycles. The Labute approximate surface area is 191 Å². The second-order valence-corrected chi connectivity index (χ2v) is 9.30. The van der Waals surface area contributed by atoms with Crippen LogP contribution in [0.1, 0.15) is 51.4 Å². The summed E-state index contributed by atoms with van der Waals surface area (Å²) in [4.78, 5) is 10.8. The third-order valence-electron chi connectivity index (χ3n) is 2.60. The van der Waals surface area contributed by atoms with Gasteiger partial charge in [0.1, 0.15) is 20.8 Å². The van der Waals surface area contributed by atoms with Gasteiger partial charge in [0.25, 0.3) is 0 Å². The molecule has 0 aliphatic rings. The van der Waals surface area contributed by atoms with Crippen molar-refractivity contribution >= 4 is 34.2 Å². The normalized spacial score (nSPS) is 8.80. The second kappa shape index (κ2) is 15.6. The third kappa shape index (κ3) is 13.9. The zero-order valence-electron chi connectivity index (χ0n) is 17.3. The van der Waals surface area contributed by atoms with E-state index in [2.05, 4.69) is 46.9 Å². The molecule has 12 heteroatoms. The molecular weight excluding hydrogens is 438 g/mol. The monoisotopic (exact) mass is 471 g/mol. The number of tetrazole rings is 1. The molecule has 0 atom stereocenters. The maximum absolute atomic E-state index is 4.03. The topological polar surface area (TPSA) is 108 Å². The molecule has 0 N–H and O–H groups in total. The molecule has 168 valence electrons. The van der Waals surface area contributed by atoms with Gasteiger partial charge in [0.2, 0.25) is 0 Å². The van der Waals surface area contributed by atoms with Crippen LogP contribution < -0.4 is 0 Å². The highest BCUT2D eigenvalue weighted by atomic mass is 32.1. The minimum atomic E-state index is 0. The van der Waals surface area contributed by atoms with Crippen LogP contribution >= 0.6 is 34.2 Å². The number of nitrogens with zero attached hydrogens (tertiary/aromatic N) is 9. The van der Waals surface area contributed by atoms with Gasteiger partial charge < -0.3 is 0 Å². The molecule has 4 aromatic heterocycles. The number of rotatable bonds is 0. The smallest absolute Gasteiger partial charge is 0.171 e. The molecule has 4 rings (SSSR count). The maximum atomic E-state index is 4.03. The van der Waals surface area contributed by atoms with Crippen molar-refractivity contribution in [3.63, 3.8) is 0 Å². The fraction of sp³-hybridized carbons (Fsp3) is 0.556. The summed E-state index contributed by atoms with van der Waals surface area (Å²) in [5, 5.41) is 22.8. The fourth-order valence-electron chi connectivity index (χ4n) is 1.64. The van der Waals surface area contributed by atoms with Gasteiger partial charge in [-0.25, -0.2) is 9.97 Å². The lowest BCUT2D eigenvalue weighted by atomic mass is 10.6. The lowest BCUT2D eigenvalue weighted by Gasteiger charge is -1.73. The Morgan fingerprint density at radius 1 is 0.733 bits per heavy atom. The van der Waals surface area contributed by atoms with Crippen LogP contribution in [-0.2, 0) is 7.05 Å². The summed E-state index contributed by atoms with van der Waals surface area (Å²) in [6, 6.07) is 0. The molecule has 0 spiro atoms. The lowest BCUT2D eigenvalue weighted by molar-refractivity contribution is 0.629. The van der Waals surface area contributed by atoms with Crippen LogP contribution in [-0.4, -0.2) is 44.7 Å². The first kappa shape index (κ1) is 30.0. The van der Waals surface area contributed by atoms with E-state index < -0.39 is 0 Å². The van der Waals surface area contributed by atoms with Gasteiger partial charge in [-0.3, -0.25) is 0 Å². The van der Waals surface area contributed by atoms with Gasteiger partial charge in [-0.15, -0.1) is 43.1 Å². The lowest BCUT2D eigenvalue weighted by Crippen LogP contribution is -1.91. The zero-order valence-corrected chi connectivity index (χ0v) is 19.8. The van der Waals surface area contributed by atoms with Crippen molar-refractivity contribution in [2.75, 3.05) is 0 Å². The van der Waals surface area contributed by atoms with Gasteiger partial charge in [0.05, 0.1) is 12.1 Å². The molecule has 0 fully saturated rings. The first-order chi connectivity index (χ1) is 13.2. The molecule has 9 nitrogen and oxygen atoms in total. The van der Waals surface area contributed by atoms with Crippen molar-refractivity contribution in [1.82, 2.24) is 44.7 Å². The summed E-state index contributed by atoms with van der Waals surface area (Å²) >= 11 is 4.80. The predicted octanol–water partition coefficient (Wildman–Crippen LogP) is 4.86. The van der Waals surface area contributed by atoms with Gasteiger partial charge in [0, 0.05) is 11.1 Å². The average molecular weight is 472 g/mol. The Bertz CT molecular complexity index is 721. The van der Waals surface area contributed by atoms with Crippen molar-refractivity contribution in [3.05, 3.63) is 42.8 Å². The Morgan fingerprint density at radius 3 is 1.47 bits per heavy atom. The molecule has 0 amide bonds. The molecule has 0 aromatic carbocycles. The number of aromatic nitrogens is 9. The number of hydrogen-bond acceptors (Lipinski definition) is 11. The van der Waals surface area contributed by atoms with Crippen LogP contribution in [0, 0.1) is 48.5 Å². The van der Waals surface area contributed by atoms with Crippen molar-refractivity contribution in [2.45, 2.75) is 63.3 Å². The summed E-state index contributed by atoms with van der Waals surface area (Å²) in [5.74, 6) is 1.59. The molecule has 0 saturated carbocycles. The van der Waals surface area contributed by atoms with Crippen LogP contribution in [0.15, 0.2) is 6.20 Å². The van der Waals surface area contributed by atoms with E-state index in [1.807, 2.05) is 40.8 Å². The highest BCUT2D eigenvalue weighted by molar-refractivity contribution is 7.11. The Hall–Kier alpha value is -2.18. The largest absolute Gasteiger partial charge is 0.250 e. The number of aryl methyl sites for hydroxylation is 8. The van der Waals surface area contributed by atoms with Gasteiger partial charge in [-0.1, -0.05) is 14.9 Å². The highest BCUT2D eigenvalue weighted by Crippen LogP contribution is 2.07. The number of thiazole rings is 1. The molecule has 30 heavy (non-hydrogen) atoms. The summed E-state index contributed by atoms with van der Waals surface area (Å²) in [6.07, 6.45) is 1.89. The molecule has 4 aromatic rings.